The molecule has 0 fully saturated rings. The smallest absolute Gasteiger partial charge is 0.416 e. The van der Waals surface area contributed by atoms with Crippen molar-refractivity contribution in [3.8, 4) is 5.75 Å². The van der Waals surface area contributed by atoms with Crippen molar-refractivity contribution in [2.24, 2.45) is 5.10 Å². The van der Waals surface area contributed by atoms with Crippen molar-refractivity contribution in [3.05, 3.63) is 62.0 Å². The molecule has 2 aromatic rings. The number of carbonyl (C=O) groups is 1. The number of hydrogen-bond acceptors (Lipinski definition) is 3. The van der Waals surface area contributed by atoms with Gasteiger partial charge in [0.15, 0.2) is 0 Å². The summed E-state index contributed by atoms with van der Waals surface area (Å²) in [6.07, 6.45) is -3.23. The molecule has 0 aliphatic heterocycles. The van der Waals surface area contributed by atoms with Gasteiger partial charge in [-0.25, -0.2) is 5.43 Å². The first-order chi connectivity index (χ1) is 11.2. The number of aromatic hydroxyl groups is 1. The summed E-state index contributed by atoms with van der Waals surface area (Å²) in [4.78, 5) is 11.9. The highest BCUT2D eigenvalue weighted by molar-refractivity contribution is 9.11. The molecule has 0 bridgehead atoms. The van der Waals surface area contributed by atoms with E-state index in [0.29, 0.717) is 14.5 Å². The molecule has 0 spiro atoms. The molecule has 0 aromatic heterocycles. The van der Waals surface area contributed by atoms with Crippen LogP contribution in [-0.4, -0.2) is 17.2 Å². The fraction of sp³-hybridized carbons (Fsp3) is 0.0667. The van der Waals surface area contributed by atoms with E-state index < -0.39 is 17.6 Å². The monoisotopic (exact) mass is 464 g/mol. The summed E-state index contributed by atoms with van der Waals surface area (Å²) in [7, 11) is 0. The molecule has 2 N–H and O–H groups in total. The summed E-state index contributed by atoms with van der Waals surface area (Å²) >= 11 is 6.29. The fourth-order valence-electron chi connectivity index (χ4n) is 1.73. The predicted octanol–water partition coefficient (Wildman–Crippen LogP) is 4.70. The van der Waals surface area contributed by atoms with Crippen molar-refractivity contribution in [2.45, 2.75) is 6.18 Å². The topological polar surface area (TPSA) is 61.7 Å². The molecule has 0 saturated heterocycles. The molecule has 24 heavy (non-hydrogen) atoms. The molecule has 0 atom stereocenters. The molecule has 2 rings (SSSR count). The van der Waals surface area contributed by atoms with E-state index in [2.05, 4.69) is 42.4 Å². The van der Waals surface area contributed by atoms with Crippen molar-refractivity contribution >= 4 is 44.0 Å². The summed E-state index contributed by atoms with van der Waals surface area (Å²) in [5.41, 5.74) is 1.63. The third-order valence-electron chi connectivity index (χ3n) is 2.87. The molecule has 9 heteroatoms. The minimum Gasteiger partial charge on any atom is -0.506 e. The van der Waals surface area contributed by atoms with E-state index in [0.717, 1.165) is 18.2 Å². The van der Waals surface area contributed by atoms with Crippen molar-refractivity contribution in [3.63, 3.8) is 0 Å². The van der Waals surface area contributed by atoms with Gasteiger partial charge in [-0.2, -0.15) is 18.3 Å². The maximum atomic E-state index is 12.6. The van der Waals surface area contributed by atoms with E-state index in [4.69, 9.17) is 0 Å². The normalized spacial score (nSPS) is 11.7. The van der Waals surface area contributed by atoms with Gasteiger partial charge in [-0.3, -0.25) is 4.79 Å². The SMILES string of the molecule is O=C(N/N=C\c1cc(Br)c(O)c(Br)c1)c1cccc(C(F)(F)F)c1. The van der Waals surface area contributed by atoms with Gasteiger partial charge in [0.2, 0.25) is 0 Å². The van der Waals surface area contributed by atoms with Crippen molar-refractivity contribution in [1.29, 1.82) is 0 Å². The molecule has 4 nitrogen and oxygen atoms in total. The third kappa shape index (κ3) is 4.57. The zero-order valence-electron chi connectivity index (χ0n) is 11.7. The summed E-state index contributed by atoms with van der Waals surface area (Å²) in [5.74, 6) is -0.755. The van der Waals surface area contributed by atoms with Crippen LogP contribution in [0.1, 0.15) is 21.5 Å². The molecule has 126 valence electrons. The van der Waals surface area contributed by atoms with E-state index in [1.165, 1.54) is 12.3 Å². The van der Waals surface area contributed by atoms with Crippen LogP contribution < -0.4 is 5.43 Å². The molecular weight excluding hydrogens is 457 g/mol. The number of amides is 1. The Hall–Kier alpha value is -1.87. The maximum absolute atomic E-state index is 12.6. The van der Waals surface area contributed by atoms with Gasteiger partial charge in [0, 0.05) is 5.56 Å². The maximum Gasteiger partial charge on any atom is 0.416 e. The van der Waals surface area contributed by atoms with Crippen molar-refractivity contribution in [1.82, 2.24) is 5.43 Å². The average molecular weight is 466 g/mol. The number of phenolic OH excluding ortho intramolecular Hbond substituents is 1. The van der Waals surface area contributed by atoms with Crippen molar-refractivity contribution in [2.75, 3.05) is 0 Å². The summed E-state index contributed by atoms with van der Waals surface area (Å²) in [5, 5.41) is 13.3. The number of hydrazone groups is 1. The zero-order chi connectivity index (χ0) is 17.9. The Balaban J connectivity index is 2.11. The number of nitrogens with zero attached hydrogens (tertiary/aromatic N) is 1. The first-order valence-corrected chi connectivity index (χ1v) is 7.96. The largest absolute Gasteiger partial charge is 0.506 e. The Kier molecular flexibility index (Phi) is 5.66. The van der Waals surface area contributed by atoms with Gasteiger partial charge in [0.1, 0.15) is 5.75 Å². The lowest BCUT2D eigenvalue weighted by atomic mass is 10.1. The summed E-state index contributed by atoms with van der Waals surface area (Å²) in [6.45, 7) is 0. The van der Waals surface area contributed by atoms with Crippen molar-refractivity contribution < 1.29 is 23.1 Å². The average Bonchev–Trinajstić information content (AvgIpc) is 2.51. The van der Waals surface area contributed by atoms with E-state index in [1.807, 2.05) is 0 Å². The number of benzene rings is 2. The van der Waals surface area contributed by atoms with Crippen LogP contribution in [0, 0.1) is 0 Å². The second-order valence-corrected chi connectivity index (χ2v) is 6.32. The van der Waals surface area contributed by atoms with Gasteiger partial charge in [0.05, 0.1) is 20.7 Å². The molecular formula is C15H9Br2F3N2O2. The van der Waals surface area contributed by atoms with Crippen LogP contribution in [0.3, 0.4) is 0 Å². The number of halogens is 5. The molecule has 0 unspecified atom stereocenters. The van der Waals surface area contributed by atoms with E-state index in [9.17, 15) is 23.1 Å². The number of alkyl halides is 3. The minimum atomic E-state index is -4.52. The second-order valence-electron chi connectivity index (χ2n) is 4.61. The third-order valence-corrected chi connectivity index (χ3v) is 4.08. The molecule has 0 radical (unpaired) electrons. The number of nitrogens with one attached hydrogen (secondary N) is 1. The zero-order valence-corrected chi connectivity index (χ0v) is 14.9. The van der Waals surface area contributed by atoms with Gasteiger partial charge in [-0.05, 0) is 67.8 Å². The number of phenols is 1. The first kappa shape index (κ1) is 18.5. The molecule has 0 saturated carbocycles. The van der Waals surface area contributed by atoms with Gasteiger partial charge in [-0.15, -0.1) is 0 Å². The van der Waals surface area contributed by atoms with Crippen LogP contribution >= 0.6 is 31.9 Å². The highest BCUT2D eigenvalue weighted by atomic mass is 79.9. The van der Waals surface area contributed by atoms with E-state index in [-0.39, 0.29) is 11.3 Å². The van der Waals surface area contributed by atoms with Crippen LogP contribution in [0.15, 0.2) is 50.4 Å². The Morgan fingerprint density at radius 2 is 1.79 bits per heavy atom. The summed E-state index contributed by atoms with van der Waals surface area (Å²) < 4.78 is 38.7. The van der Waals surface area contributed by atoms with E-state index in [1.54, 1.807) is 12.1 Å². The molecule has 2 aromatic carbocycles. The Morgan fingerprint density at radius 3 is 2.38 bits per heavy atom. The molecule has 1 amide bonds. The van der Waals surface area contributed by atoms with Gasteiger partial charge in [0.25, 0.3) is 5.91 Å². The highest BCUT2D eigenvalue weighted by Gasteiger charge is 2.30. The Morgan fingerprint density at radius 1 is 1.17 bits per heavy atom. The Labute approximate surface area is 151 Å². The lowest BCUT2D eigenvalue weighted by Crippen LogP contribution is -2.18. The van der Waals surface area contributed by atoms with Crippen LogP contribution in [0.25, 0.3) is 0 Å². The van der Waals surface area contributed by atoms with E-state index >= 15 is 0 Å². The number of carbonyl (C=O) groups excluding carboxylic acids is 1. The lowest BCUT2D eigenvalue weighted by Gasteiger charge is -2.07. The first-order valence-electron chi connectivity index (χ1n) is 6.37. The molecule has 0 aliphatic carbocycles. The molecule has 0 heterocycles. The summed E-state index contributed by atoms with van der Waals surface area (Å²) in [6, 6.07) is 7.15. The standard InChI is InChI=1S/C15H9Br2F3N2O2/c16-11-4-8(5-12(17)13(11)23)7-21-22-14(24)9-2-1-3-10(6-9)15(18,19)20/h1-7,23H,(H,22,24)/b21-7-. The quantitative estimate of drug-likeness (QED) is 0.509. The molecule has 0 aliphatic rings. The van der Waals surface area contributed by atoms with Crippen LogP contribution in [0.4, 0.5) is 13.2 Å². The number of rotatable bonds is 3. The second kappa shape index (κ2) is 7.35. The van der Waals surface area contributed by atoms with Crippen LogP contribution in [-0.2, 0) is 6.18 Å². The van der Waals surface area contributed by atoms with Crippen LogP contribution in [0.2, 0.25) is 0 Å². The van der Waals surface area contributed by atoms with Gasteiger partial charge >= 0.3 is 6.18 Å². The van der Waals surface area contributed by atoms with Crippen LogP contribution in [0.5, 0.6) is 5.75 Å². The van der Waals surface area contributed by atoms with Gasteiger partial charge < -0.3 is 5.11 Å². The predicted molar refractivity (Wildman–Crippen MR) is 90.0 cm³/mol. The fourth-order valence-corrected chi connectivity index (χ4v) is 2.95. The lowest BCUT2D eigenvalue weighted by molar-refractivity contribution is -0.137. The minimum absolute atomic E-state index is 0.0140. The Bertz CT molecular complexity index is 785. The number of hydrogen-bond donors (Lipinski definition) is 2. The highest BCUT2D eigenvalue weighted by Crippen LogP contribution is 2.33. The van der Waals surface area contributed by atoms with Gasteiger partial charge in [-0.1, -0.05) is 6.07 Å².